The van der Waals surface area contributed by atoms with E-state index in [9.17, 15) is 4.79 Å². The maximum absolute atomic E-state index is 11.1. The van der Waals surface area contributed by atoms with Gasteiger partial charge in [-0.05, 0) is 11.1 Å². The SMILES string of the molecule is Br.NC1C(=O)NCc2ccccc21. The Morgan fingerprint density at radius 3 is 2.85 bits per heavy atom. The van der Waals surface area contributed by atoms with Gasteiger partial charge in [0, 0.05) is 6.54 Å². The number of halogens is 1. The molecule has 0 spiro atoms. The van der Waals surface area contributed by atoms with Gasteiger partial charge in [0.15, 0.2) is 0 Å². The molecule has 3 N–H and O–H groups in total. The summed E-state index contributed by atoms with van der Waals surface area (Å²) in [6.45, 7) is 0.600. The van der Waals surface area contributed by atoms with E-state index in [1.807, 2.05) is 24.3 Å². The van der Waals surface area contributed by atoms with E-state index in [0.29, 0.717) is 6.54 Å². The van der Waals surface area contributed by atoms with E-state index in [1.54, 1.807) is 0 Å². The Morgan fingerprint density at radius 2 is 2.08 bits per heavy atom. The minimum atomic E-state index is -0.491. The molecule has 0 aromatic heterocycles. The van der Waals surface area contributed by atoms with Crippen LogP contribution >= 0.6 is 17.0 Å². The predicted octanol–water partition coefficient (Wildman–Crippen LogP) is 0.894. The van der Waals surface area contributed by atoms with Gasteiger partial charge in [-0.3, -0.25) is 4.79 Å². The molecule has 1 aliphatic heterocycles. The number of fused-ring (bicyclic) bond motifs is 1. The maximum atomic E-state index is 11.1. The Bertz CT molecular complexity index is 327. The molecule has 1 unspecified atom stereocenters. The number of nitrogens with two attached hydrogens (primary N) is 1. The van der Waals surface area contributed by atoms with Crippen LogP contribution in [-0.2, 0) is 11.3 Å². The average molecular weight is 243 g/mol. The van der Waals surface area contributed by atoms with Gasteiger partial charge in [-0.15, -0.1) is 17.0 Å². The first-order valence-electron chi connectivity index (χ1n) is 3.90. The molecule has 13 heavy (non-hydrogen) atoms. The van der Waals surface area contributed by atoms with E-state index >= 15 is 0 Å². The van der Waals surface area contributed by atoms with E-state index in [1.165, 1.54) is 0 Å². The van der Waals surface area contributed by atoms with Gasteiger partial charge in [-0.25, -0.2) is 0 Å². The van der Waals surface area contributed by atoms with E-state index in [2.05, 4.69) is 5.32 Å². The predicted molar refractivity (Wildman–Crippen MR) is 55.5 cm³/mol. The Hall–Kier alpha value is -0.870. The highest BCUT2D eigenvalue weighted by molar-refractivity contribution is 8.93. The first-order chi connectivity index (χ1) is 5.79. The standard InChI is InChI=1S/C9H10N2O.BrH/c10-8-7-4-2-1-3-6(7)5-11-9(8)12;/h1-4,8H,5,10H2,(H,11,12);1H. The zero-order chi connectivity index (χ0) is 8.55. The summed E-state index contributed by atoms with van der Waals surface area (Å²) >= 11 is 0. The summed E-state index contributed by atoms with van der Waals surface area (Å²) in [7, 11) is 0. The molecule has 0 radical (unpaired) electrons. The van der Waals surface area contributed by atoms with Gasteiger partial charge in [-0.1, -0.05) is 24.3 Å². The molecule has 0 saturated heterocycles. The summed E-state index contributed by atoms with van der Waals surface area (Å²) < 4.78 is 0. The molecule has 1 aromatic carbocycles. The number of carbonyl (C=O) groups is 1. The number of carbonyl (C=O) groups excluding carboxylic acids is 1. The van der Waals surface area contributed by atoms with Crippen LogP contribution in [0.2, 0.25) is 0 Å². The van der Waals surface area contributed by atoms with Crippen molar-refractivity contribution in [3.8, 4) is 0 Å². The van der Waals surface area contributed by atoms with Crippen LogP contribution < -0.4 is 11.1 Å². The Balaban J connectivity index is 0.000000845. The van der Waals surface area contributed by atoms with E-state index < -0.39 is 6.04 Å². The lowest BCUT2D eigenvalue weighted by molar-refractivity contribution is -0.123. The topological polar surface area (TPSA) is 55.1 Å². The van der Waals surface area contributed by atoms with Crippen molar-refractivity contribution in [1.82, 2.24) is 5.32 Å². The molecule has 70 valence electrons. The first kappa shape index (κ1) is 10.2. The molecule has 1 amide bonds. The maximum Gasteiger partial charge on any atom is 0.241 e. The van der Waals surface area contributed by atoms with Crippen LogP contribution in [0.5, 0.6) is 0 Å². The molecule has 1 aliphatic rings. The molecule has 1 atom stereocenters. The lowest BCUT2D eigenvalue weighted by Gasteiger charge is -2.21. The summed E-state index contributed by atoms with van der Waals surface area (Å²) in [6.07, 6.45) is 0. The quantitative estimate of drug-likeness (QED) is 0.711. The van der Waals surface area contributed by atoms with Crippen LogP contribution in [0.1, 0.15) is 17.2 Å². The highest BCUT2D eigenvalue weighted by Crippen LogP contribution is 2.19. The molecule has 2 rings (SSSR count). The molecular weight excluding hydrogens is 232 g/mol. The fraction of sp³-hybridized carbons (Fsp3) is 0.222. The number of hydrogen-bond donors (Lipinski definition) is 2. The molecule has 1 aromatic rings. The van der Waals surface area contributed by atoms with Gasteiger partial charge in [0.2, 0.25) is 5.91 Å². The van der Waals surface area contributed by atoms with Crippen LogP contribution in [0.3, 0.4) is 0 Å². The molecule has 3 nitrogen and oxygen atoms in total. The lowest BCUT2D eigenvalue weighted by atomic mass is 9.97. The second kappa shape index (κ2) is 3.89. The Kier molecular flexibility index (Phi) is 3.06. The van der Waals surface area contributed by atoms with E-state index in [0.717, 1.165) is 11.1 Å². The van der Waals surface area contributed by atoms with Crippen molar-refractivity contribution in [3.63, 3.8) is 0 Å². The minimum absolute atomic E-state index is 0. The van der Waals surface area contributed by atoms with Crippen molar-refractivity contribution in [1.29, 1.82) is 0 Å². The summed E-state index contributed by atoms with van der Waals surface area (Å²) in [4.78, 5) is 11.1. The van der Waals surface area contributed by atoms with Crippen LogP contribution in [0, 0.1) is 0 Å². The normalized spacial score (nSPS) is 19.8. The number of amides is 1. The minimum Gasteiger partial charge on any atom is -0.350 e. The second-order valence-corrected chi connectivity index (χ2v) is 2.89. The number of nitrogens with one attached hydrogen (secondary N) is 1. The van der Waals surface area contributed by atoms with Gasteiger partial charge in [0.1, 0.15) is 6.04 Å². The largest absolute Gasteiger partial charge is 0.350 e. The third-order valence-electron chi connectivity index (χ3n) is 2.13. The fourth-order valence-electron chi connectivity index (χ4n) is 1.43. The van der Waals surface area contributed by atoms with Crippen LogP contribution in [-0.4, -0.2) is 5.91 Å². The smallest absolute Gasteiger partial charge is 0.241 e. The molecule has 0 saturated carbocycles. The van der Waals surface area contributed by atoms with Crippen molar-refractivity contribution in [2.45, 2.75) is 12.6 Å². The summed E-state index contributed by atoms with van der Waals surface area (Å²) in [5.74, 6) is -0.0892. The van der Waals surface area contributed by atoms with Gasteiger partial charge in [0.25, 0.3) is 0 Å². The Morgan fingerprint density at radius 1 is 1.38 bits per heavy atom. The van der Waals surface area contributed by atoms with E-state index in [4.69, 9.17) is 5.73 Å². The molecule has 0 fully saturated rings. The number of rotatable bonds is 0. The van der Waals surface area contributed by atoms with Crippen molar-refractivity contribution in [3.05, 3.63) is 35.4 Å². The van der Waals surface area contributed by atoms with Gasteiger partial charge >= 0.3 is 0 Å². The van der Waals surface area contributed by atoms with Gasteiger partial charge in [0.05, 0.1) is 0 Å². The zero-order valence-corrected chi connectivity index (χ0v) is 8.70. The third kappa shape index (κ3) is 1.73. The van der Waals surface area contributed by atoms with Gasteiger partial charge < -0.3 is 11.1 Å². The zero-order valence-electron chi connectivity index (χ0n) is 6.99. The van der Waals surface area contributed by atoms with Crippen molar-refractivity contribution in [2.75, 3.05) is 0 Å². The molecule has 0 bridgehead atoms. The van der Waals surface area contributed by atoms with Crippen LogP contribution in [0.4, 0.5) is 0 Å². The summed E-state index contributed by atoms with van der Waals surface area (Å²) in [6, 6.07) is 7.24. The van der Waals surface area contributed by atoms with Crippen LogP contribution in [0.15, 0.2) is 24.3 Å². The first-order valence-corrected chi connectivity index (χ1v) is 3.90. The van der Waals surface area contributed by atoms with Crippen LogP contribution in [0.25, 0.3) is 0 Å². The fourth-order valence-corrected chi connectivity index (χ4v) is 1.43. The van der Waals surface area contributed by atoms with E-state index in [-0.39, 0.29) is 22.9 Å². The van der Waals surface area contributed by atoms with Crippen molar-refractivity contribution >= 4 is 22.9 Å². The summed E-state index contributed by atoms with van der Waals surface area (Å²) in [5, 5.41) is 2.72. The second-order valence-electron chi connectivity index (χ2n) is 2.89. The van der Waals surface area contributed by atoms with Gasteiger partial charge in [-0.2, -0.15) is 0 Å². The average Bonchev–Trinajstić information content (AvgIpc) is 2.12. The molecule has 4 heteroatoms. The van der Waals surface area contributed by atoms with Crippen molar-refractivity contribution in [2.24, 2.45) is 5.73 Å². The highest BCUT2D eigenvalue weighted by Gasteiger charge is 2.22. The summed E-state index contributed by atoms with van der Waals surface area (Å²) in [5.41, 5.74) is 7.74. The van der Waals surface area contributed by atoms with Crippen molar-refractivity contribution < 1.29 is 4.79 Å². The number of hydrogen-bond acceptors (Lipinski definition) is 2. The lowest BCUT2D eigenvalue weighted by Crippen LogP contribution is -2.38. The molecular formula is C9H11BrN2O. The number of benzene rings is 1. The molecule has 1 heterocycles. The molecule has 0 aliphatic carbocycles. The third-order valence-corrected chi connectivity index (χ3v) is 2.13. The Labute approximate surface area is 87.1 Å². The monoisotopic (exact) mass is 242 g/mol. The highest BCUT2D eigenvalue weighted by atomic mass is 79.9.